The monoisotopic (exact) mass is 431 g/mol. The third-order valence-corrected chi connectivity index (χ3v) is 4.46. The maximum Gasteiger partial charge on any atom is 0.387 e. The smallest absolute Gasteiger partial charge is 0.387 e. The molecule has 0 spiro atoms. The van der Waals surface area contributed by atoms with Gasteiger partial charge in [-0.3, -0.25) is 4.79 Å². The number of imidazole rings is 1. The van der Waals surface area contributed by atoms with Crippen LogP contribution in [0.1, 0.15) is 23.0 Å². The third kappa shape index (κ3) is 5.44. The summed E-state index contributed by atoms with van der Waals surface area (Å²) in [6.07, 6.45) is 5.83. The number of aryl methyl sites for hydroxylation is 1. The van der Waals surface area contributed by atoms with Crippen molar-refractivity contribution in [2.75, 3.05) is 7.11 Å². The predicted octanol–water partition coefficient (Wildman–Crippen LogP) is 4.09. The van der Waals surface area contributed by atoms with Crippen LogP contribution in [0.5, 0.6) is 11.5 Å². The van der Waals surface area contributed by atoms with E-state index in [1.54, 1.807) is 42.2 Å². The van der Waals surface area contributed by atoms with Crippen molar-refractivity contribution in [1.29, 1.82) is 0 Å². The molecule has 0 radical (unpaired) electrons. The Morgan fingerprint density at radius 3 is 2.55 bits per heavy atom. The van der Waals surface area contributed by atoms with Gasteiger partial charge in [-0.05, 0) is 29.8 Å². The molecular formula is C22H20F3N3O3. The zero-order chi connectivity index (χ0) is 22.4. The van der Waals surface area contributed by atoms with Crippen LogP contribution in [0.4, 0.5) is 13.2 Å². The molecule has 0 bridgehead atoms. The van der Waals surface area contributed by atoms with Gasteiger partial charge in [0.2, 0.25) is 5.91 Å². The Kier molecular flexibility index (Phi) is 6.96. The second-order valence-electron chi connectivity index (χ2n) is 6.48. The number of nitrogens with one attached hydrogen (secondary N) is 1. The summed E-state index contributed by atoms with van der Waals surface area (Å²) in [5.41, 5.74) is 0.866. The molecule has 1 unspecified atom stereocenters. The minimum Gasteiger partial charge on any atom is -0.493 e. The average molecular weight is 431 g/mol. The van der Waals surface area contributed by atoms with Gasteiger partial charge in [0, 0.05) is 31.1 Å². The first-order valence-corrected chi connectivity index (χ1v) is 9.22. The van der Waals surface area contributed by atoms with Gasteiger partial charge in [-0.25, -0.2) is 9.37 Å². The van der Waals surface area contributed by atoms with Gasteiger partial charge in [-0.1, -0.05) is 24.3 Å². The number of para-hydroxylation sites is 1. The summed E-state index contributed by atoms with van der Waals surface area (Å²) in [4.78, 5) is 16.9. The first kappa shape index (κ1) is 21.9. The lowest BCUT2D eigenvalue weighted by molar-refractivity contribution is -0.117. The molecule has 9 heteroatoms. The van der Waals surface area contributed by atoms with Crippen LogP contribution >= 0.6 is 0 Å². The van der Waals surface area contributed by atoms with Gasteiger partial charge in [-0.2, -0.15) is 8.78 Å². The van der Waals surface area contributed by atoms with E-state index in [1.165, 1.54) is 43.5 Å². The molecule has 1 heterocycles. The SMILES string of the molecule is COc1cccc(/C=C/C(=O)NC(c2ccc(F)cc2)c2nccn2C)c1OC(F)F. The standard InChI is InChI=1S/C22H20F3N3O3/c1-28-13-12-26-21(28)19(14-6-9-16(23)10-7-14)27-18(29)11-8-15-4-3-5-17(30-2)20(15)31-22(24)25/h3-13,19,22H,1-2H3,(H,27,29)/b11-8+. The van der Waals surface area contributed by atoms with Crippen LogP contribution in [-0.2, 0) is 11.8 Å². The number of rotatable bonds is 8. The fourth-order valence-corrected chi connectivity index (χ4v) is 3.00. The number of hydrogen-bond donors (Lipinski definition) is 1. The number of carbonyl (C=O) groups is 1. The lowest BCUT2D eigenvalue weighted by Crippen LogP contribution is -2.29. The van der Waals surface area contributed by atoms with Gasteiger partial charge in [0.15, 0.2) is 11.5 Å². The number of methoxy groups -OCH3 is 1. The van der Waals surface area contributed by atoms with E-state index in [9.17, 15) is 18.0 Å². The minimum atomic E-state index is -3.05. The van der Waals surface area contributed by atoms with Gasteiger partial charge < -0.3 is 19.4 Å². The van der Waals surface area contributed by atoms with Crippen molar-refractivity contribution >= 4 is 12.0 Å². The summed E-state index contributed by atoms with van der Waals surface area (Å²) in [7, 11) is 3.10. The van der Waals surface area contributed by atoms with Crippen LogP contribution in [0, 0.1) is 5.82 Å². The molecule has 1 amide bonds. The van der Waals surface area contributed by atoms with E-state index >= 15 is 0 Å². The van der Waals surface area contributed by atoms with Crippen molar-refractivity contribution in [3.05, 3.63) is 83.7 Å². The number of amides is 1. The van der Waals surface area contributed by atoms with Crippen molar-refractivity contribution < 1.29 is 27.4 Å². The fraction of sp³-hybridized carbons (Fsp3) is 0.182. The van der Waals surface area contributed by atoms with Crippen LogP contribution in [0.3, 0.4) is 0 Å². The van der Waals surface area contributed by atoms with Gasteiger partial charge in [0.1, 0.15) is 17.7 Å². The normalized spacial score (nSPS) is 12.2. The Bertz CT molecular complexity index is 1070. The molecule has 0 aliphatic carbocycles. The summed E-state index contributed by atoms with van der Waals surface area (Å²) >= 11 is 0. The quantitative estimate of drug-likeness (QED) is 0.546. The Morgan fingerprint density at radius 1 is 1.19 bits per heavy atom. The molecule has 3 aromatic rings. The highest BCUT2D eigenvalue weighted by Crippen LogP contribution is 2.33. The zero-order valence-electron chi connectivity index (χ0n) is 16.8. The molecule has 0 saturated heterocycles. The van der Waals surface area contributed by atoms with Gasteiger partial charge in [-0.15, -0.1) is 0 Å². The highest BCUT2D eigenvalue weighted by molar-refractivity contribution is 5.92. The van der Waals surface area contributed by atoms with Crippen LogP contribution in [-0.4, -0.2) is 29.2 Å². The van der Waals surface area contributed by atoms with E-state index < -0.39 is 24.4 Å². The molecule has 0 aliphatic rings. The molecule has 3 rings (SSSR count). The molecule has 6 nitrogen and oxygen atoms in total. The molecule has 0 saturated carbocycles. The molecule has 0 aliphatic heterocycles. The van der Waals surface area contributed by atoms with Crippen molar-refractivity contribution in [1.82, 2.24) is 14.9 Å². The second-order valence-corrected chi connectivity index (χ2v) is 6.48. The number of ether oxygens (including phenoxy) is 2. The number of aromatic nitrogens is 2. The minimum absolute atomic E-state index is 0.111. The number of halogens is 3. The van der Waals surface area contributed by atoms with Crippen molar-refractivity contribution in [3.63, 3.8) is 0 Å². The topological polar surface area (TPSA) is 65.4 Å². The van der Waals surface area contributed by atoms with E-state index in [1.807, 2.05) is 0 Å². The van der Waals surface area contributed by atoms with E-state index in [0.717, 1.165) is 0 Å². The Balaban J connectivity index is 1.86. The van der Waals surface area contributed by atoms with E-state index in [2.05, 4.69) is 15.0 Å². The highest BCUT2D eigenvalue weighted by Gasteiger charge is 2.20. The Morgan fingerprint density at radius 2 is 1.94 bits per heavy atom. The summed E-state index contributed by atoms with van der Waals surface area (Å²) in [5, 5.41) is 2.80. The van der Waals surface area contributed by atoms with Gasteiger partial charge in [0.05, 0.1) is 7.11 Å². The number of carbonyl (C=O) groups excluding carboxylic acids is 1. The fourth-order valence-electron chi connectivity index (χ4n) is 3.00. The largest absolute Gasteiger partial charge is 0.493 e. The van der Waals surface area contributed by atoms with Crippen molar-refractivity contribution in [2.24, 2.45) is 7.05 Å². The van der Waals surface area contributed by atoms with Crippen LogP contribution < -0.4 is 14.8 Å². The number of hydrogen-bond acceptors (Lipinski definition) is 4. The first-order chi connectivity index (χ1) is 14.9. The number of alkyl halides is 2. The molecule has 1 aromatic heterocycles. The molecule has 1 atom stereocenters. The summed E-state index contributed by atoms with van der Waals surface area (Å²) in [6.45, 7) is -3.05. The molecule has 162 valence electrons. The van der Waals surface area contributed by atoms with Crippen molar-refractivity contribution in [2.45, 2.75) is 12.7 Å². The van der Waals surface area contributed by atoms with E-state index in [0.29, 0.717) is 11.4 Å². The molecule has 2 aromatic carbocycles. The predicted molar refractivity (Wildman–Crippen MR) is 108 cm³/mol. The van der Waals surface area contributed by atoms with Crippen molar-refractivity contribution in [3.8, 4) is 11.5 Å². The van der Waals surface area contributed by atoms with E-state index in [4.69, 9.17) is 4.74 Å². The number of nitrogens with zero attached hydrogens (tertiary/aromatic N) is 2. The van der Waals surface area contributed by atoms with Crippen LogP contribution in [0.15, 0.2) is 60.9 Å². The molecule has 1 N–H and O–H groups in total. The van der Waals surface area contributed by atoms with E-state index in [-0.39, 0.29) is 17.1 Å². The first-order valence-electron chi connectivity index (χ1n) is 9.22. The van der Waals surface area contributed by atoms with Gasteiger partial charge >= 0.3 is 6.61 Å². The second kappa shape index (κ2) is 9.84. The van der Waals surface area contributed by atoms with Crippen LogP contribution in [0.2, 0.25) is 0 Å². The molecular weight excluding hydrogens is 411 g/mol. The highest BCUT2D eigenvalue weighted by atomic mass is 19.3. The molecule has 31 heavy (non-hydrogen) atoms. The Hall–Kier alpha value is -3.75. The summed E-state index contributed by atoms with van der Waals surface area (Å²) in [6, 6.07) is 9.60. The molecule has 0 fully saturated rings. The lowest BCUT2D eigenvalue weighted by Gasteiger charge is -2.18. The zero-order valence-corrected chi connectivity index (χ0v) is 16.8. The van der Waals surface area contributed by atoms with Gasteiger partial charge in [0.25, 0.3) is 0 Å². The maximum absolute atomic E-state index is 13.3. The summed E-state index contributed by atoms with van der Waals surface area (Å²) < 4.78 is 50.2. The Labute approximate surface area is 176 Å². The van der Waals surface area contributed by atoms with Crippen LogP contribution in [0.25, 0.3) is 6.08 Å². The number of benzene rings is 2. The summed E-state index contributed by atoms with van der Waals surface area (Å²) in [5.74, 6) is -0.443. The average Bonchev–Trinajstić information content (AvgIpc) is 3.17. The maximum atomic E-state index is 13.3. The lowest BCUT2D eigenvalue weighted by atomic mass is 10.1. The third-order valence-electron chi connectivity index (χ3n) is 4.46.